The minimum absolute atomic E-state index is 0.0359. The van der Waals surface area contributed by atoms with Crippen LogP contribution >= 0.6 is 0 Å². The highest BCUT2D eigenvalue weighted by molar-refractivity contribution is 5.84. The number of rotatable bonds is 6. The first-order chi connectivity index (χ1) is 11.1. The molecule has 0 bridgehead atoms. The predicted octanol–water partition coefficient (Wildman–Crippen LogP) is 0.203. The highest BCUT2D eigenvalue weighted by Gasteiger charge is 2.20. The highest BCUT2D eigenvalue weighted by atomic mass is 16.3. The zero-order valence-corrected chi connectivity index (χ0v) is 14.0. The number of furan rings is 1. The van der Waals surface area contributed by atoms with Crippen LogP contribution in [0.2, 0.25) is 0 Å². The number of amides is 2. The molecule has 2 amide bonds. The van der Waals surface area contributed by atoms with Gasteiger partial charge in [0.25, 0.3) is 5.91 Å². The number of carbonyl (C=O) groups excluding carboxylic acids is 2. The second-order valence-electron chi connectivity index (χ2n) is 6.30. The van der Waals surface area contributed by atoms with Crippen LogP contribution in [0.1, 0.15) is 37.9 Å². The third kappa shape index (κ3) is 6.44. The minimum Gasteiger partial charge on any atom is -0.467 e. The van der Waals surface area contributed by atoms with Crippen LogP contribution in [0, 0.1) is 0 Å². The lowest BCUT2D eigenvalue weighted by molar-refractivity contribution is -0.893. The summed E-state index contributed by atoms with van der Waals surface area (Å²) in [5.41, 5.74) is 0. The minimum atomic E-state index is -0.167. The fourth-order valence-corrected chi connectivity index (χ4v) is 2.89. The molecule has 0 radical (unpaired) electrons. The van der Waals surface area contributed by atoms with Crippen LogP contribution in [0.15, 0.2) is 22.8 Å². The number of nitrogens with zero attached hydrogens (tertiary/aromatic N) is 1. The summed E-state index contributed by atoms with van der Waals surface area (Å²) >= 11 is 0. The predicted molar refractivity (Wildman–Crippen MR) is 86.8 cm³/mol. The Morgan fingerprint density at radius 1 is 1.22 bits per heavy atom. The number of hydrogen-bond donors (Lipinski definition) is 2. The first kappa shape index (κ1) is 17.5. The molecule has 2 rings (SSSR count). The Bertz CT molecular complexity index is 479. The summed E-state index contributed by atoms with van der Waals surface area (Å²) < 4.78 is 5.16. The van der Waals surface area contributed by atoms with Gasteiger partial charge in [-0.1, -0.05) is 6.42 Å². The molecule has 128 valence electrons. The zero-order valence-electron chi connectivity index (χ0n) is 14.0. The summed E-state index contributed by atoms with van der Waals surface area (Å²) in [6.45, 7) is 3.05. The van der Waals surface area contributed by atoms with Gasteiger partial charge in [0.1, 0.15) is 5.76 Å². The molecule has 1 aliphatic rings. The van der Waals surface area contributed by atoms with Crippen molar-refractivity contribution < 1.29 is 18.9 Å². The van der Waals surface area contributed by atoms with E-state index in [1.807, 2.05) is 0 Å². The molecule has 1 saturated heterocycles. The van der Waals surface area contributed by atoms with Crippen molar-refractivity contribution >= 4 is 11.8 Å². The van der Waals surface area contributed by atoms with Crippen molar-refractivity contribution in [1.82, 2.24) is 10.2 Å². The van der Waals surface area contributed by atoms with E-state index in [4.69, 9.17) is 4.42 Å². The Morgan fingerprint density at radius 3 is 2.57 bits per heavy atom. The summed E-state index contributed by atoms with van der Waals surface area (Å²) in [4.78, 5) is 27.0. The average Bonchev–Trinajstić information content (AvgIpc) is 3.01. The van der Waals surface area contributed by atoms with Gasteiger partial charge in [0, 0.05) is 7.05 Å². The lowest BCUT2D eigenvalue weighted by Gasteiger charge is -2.24. The third-order valence-corrected chi connectivity index (χ3v) is 4.31. The van der Waals surface area contributed by atoms with Gasteiger partial charge >= 0.3 is 0 Å². The van der Waals surface area contributed by atoms with Crippen LogP contribution in [0.4, 0.5) is 0 Å². The molecule has 0 spiro atoms. The smallest absolute Gasteiger partial charge is 0.277 e. The Hall–Kier alpha value is -1.82. The van der Waals surface area contributed by atoms with E-state index in [0.29, 0.717) is 18.8 Å². The Kier molecular flexibility index (Phi) is 7.13. The van der Waals surface area contributed by atoms with E-state index in [-0.39, 0.29) is 18.4 Å². The van der Waals surface area contributed by atoms with Gasteiger partial charge in [-0.3, -0.25) is 9.59 Å². The second-order valence-corrected chi connectivity index (χ2v) is 6.30. The number of carbonyl (C=O) groups is 2. The highest BCUT2D eigenvalue weighted by Crippen LogP contribution is 2.02. The lowest BCUT2D eigenvalue weighted by Crippen LogP contribution is -3.13. The molecule has 0 saturated carbocycles. The third-order valence-electron chi connectivity index (χ3n) is 4.31. The molecule has 0 unspecified atom stereocenters. The summed E-state index contributed by atoms with van der Waals surface area (Å²) in [7, 11) is 1.69. The fourth-order valence-electron chi connectivity index (χ4n) is 2.89. The van der Waals surface area contributed by atoms with Gasteiger partial charge in [0.05, 0.1) is 32.4 Å². The molecular formula is C17H28N3O3+. The first-order valence-corrected chi connectivity index (χ1v) is 8.52. The van der Waals surface area contributed by atoms with Crippen LogP contribution in [0.5, 0.6) is 0 Å². The van der Waals surface area contributed by atoms with E-state index < -0.39 is 0 Å². The number of likely N-dealkylation sites (tertiary alicyclic amines) is 1. The Morgan fingerprint density at radius 2 is 1.91 bits per heavy atom. The van der Waals surface area contributed by atoms with Gasteiger partial charge in [0.15, 0.2) is 6.54 Å². The topological polar surface area (TPSA) is 67.0 Å². The van der Waals surface area contributed by atoms with Crippen LogP contribution in [-0.2, 0) is 16.1 Å². The van der Waals surface area contributed by atoms with Gasteiger partial charge in [-0.15, -0.1) is 0 Å². The quantitative estimate of drug-likeness (QED) is 0.786. The van der Waals surface area contributed by atoms with Crippen molar-refractivity contribution in [3.8, 4) is 0 Å². The summed E-state index contributed by atoms with van der Waals surface area (Å²) in [6, 6.07) is 3.59. The average molecular weight is 322 g/mol. The van der Waals surface area contributed by atoms with E-state index in [0.717, 1.165) is 13.1 Å². The standard InChI is InChI=1S/C17H27N3O3/c1-19(13-16(21)18-12-15-8-7-11-23-15)17(22)14-20-9-5-3-2-4-6-10-20/h7-8,11H,2-6,9-10,12-14H2,1H3,(H,18,21)/p+1. The molecule has 0 atom stereocenters. The lowest BCUT2D eigenvalue weighted by atomic mass is 10.1. The fraction of sp³-hybridized carbons (Fsp3) is 0.647. The van der Waals surface area contributed by atoms with Crippen LogP contribution < -0.4 is 10.2 Å². The molecule has 0 aromatic carbocycles. The van der Waals surface area contributed by atoms with E-state index in [9.17, 15) is 9.59 Å². The molecule has 6 heteroatoms. The maximum absolute atomic E-state index is 12.3. The van der Waals surface area contributed by atoms with Crippen molar-refractivity contribution in [1.29, 1.82) is 0 Å². The number of quaternary nitrogens is 1. The Labute approximate surface area is 137 Å². The summed E-state index contributed by atoms with van der Waals surface area (Å²) in [6.07, 6.45) is 7.80. The van der Waals surface area contributed by atoms with Crippen molar-refractivity contribution in [2.75, 3.05) is 33.2 Å². The van der Waals surface area contributed by atoms with Gasteiger partial charge < -0.3 is 19.5 Å². The monoisotopic (exact) mass is 322 g/mol. The number of hydrogen-bond acceptors (Lipinski definition) is 3. The molecule has 1 aromatic rings. The van der Waals surface area contributed by atoms with Gasteiger partial charge in [-0.25, -0.2) is 0 Å². The number of nitrogens with one attached hydrogen (secondary N) is 2. The molecule has 1 fully saturated rings. The van der Waals surface area contributed by atoms with E-state index in [1.54, 1.807) is 25.4 Å². The van der Waals surface area contributed by atoms with Crippen molar-refractivity contribution in [3.63, 3.8) is 0 Å². The molecule has 0 aliphatic carbocycles. The van der Waals surface area contributed by atoms with E-state index in [2.05, 4.69) is 5.32 Å². The molecular weight excluding hydrogens is 294 g/mol. The van der Waals surface area contributed by atoms with Crippen LogP contribution in [0.3, 0.4) is 0 Å². The summed E-state index contributed by atoms with van der Waals surface area (Å²) in [5, 5.41) is 2.76. The molecule has 2 heterocycles. The molecule has 23 heavy (non-hydrogen) atoms. The maximum Gasteiger partial charge on any atom is 0.277 e. The van der Waals surface area contributed by atoms with Gasteiger partial charge in [0.2, 0.25) is 5.91 Å². The van der Waals surface area contributed by atoms with Crippen LogP contribution in [0.25, 0.3) is 0 Å². The van der Waals surface area contributed by atoms with Crippen molar-refractivity contribution in [2.24, 2.45) is 0 Å². The second kappa shape index (κ2) is 9.35. The molecule has 2 N–H and O–H groups in total. The SMILES string of the molecule is CN(CC(=O)NCc1ccco1)C(=O)C[NH+]1CCCCCCC1. The first-order valence-electron chi connectivity index (χ1n) is 8.52. The zero-order chi connectivity index (χ0) is 16.5. The molecule has 1 aliphatic heterocycles. The molecule has 6 nitrogen and oxygen atoms in total. The van der Waals surface area contributed by atoms with Gasteiger partial charge in [-0.2, -0.15) is 0 Å². The molecule has 1 aromatic heterocycles. The van der Waals surface area contributed by atoms with E-state index in [1.165, 1.54) is 41.9 Å². The number of likely N-dealkylation sites (N-methyl/N-ethyl adjacent to an activating group) is 1. The van der Waals surface area contributed by atoms with Crippen molar-refractivity contribution in [3.05, 3.63) is 24.2 Å². The Balaban J connectivity index is 1.69. The summed E-state index contributed by atoms with van der Waals surface area (Å²) in [5.74, 6) is 0.575. The largest absolute Gasteiger partial charge is 0.467 e. The van der Waals surface area contributed by atoms with E-state index >= 15 is 0 Å². The van der Waals surface area contributed by atoms with Crippen LogP contribution in [-0.4, -0.2) is 49.9 Å². The van der Waals surface area contributed by atoms with Gasteiger partial charge in [-0.05, 0) is 37.8 Å². The maximum atomic E-state index is 12.3. The van der Waals surface area contributed by atoms with Crippen molar-refractivity contribution in [2.45, 2.75) is 38.6 Å². The normalized spacial score (nSPS) is 16.4.